The fourth-order valence-electron chi connectivity index (χ4n) is 3.84. The Labute approximate surface area is 151 Å². The Bertz CT molecular complexity index is 569. The molecule has 2 heterocycles. The fraction of sp³-hybridized carbons (Fsp3) is 0.650. The molecule has 1 amide bonds. The molecular weight excluding hydrogens is 314 g/mol. The molecule has 0 bridgehead atoms. The van der Waals surface area contributed by atoms with Crippen LogP contribution in [0, 0.1) is 0 Å². The van der Waals surface area contributed by atoms with Crippen molar-refractivity contribution in [2.75, 3.05) is 44.2 Å². The van der Waals surface area contributed by atoms with Gasteiger partial charge in [0.05, 0.1) is 12.2 Å². The Hall–Kier alpha value is -1.59. The molecule has 5 heteroatoms. The summed E-state index contributed by atoms with van der Waals surface area (Å²) in [5.74, 6) is 0.109. The smallest absolute Gasteiger partial charge is 0.254 e. The third-order valence-corrected chi connectivity index (χ3v) is 5.23. The van der Waals surface area contributed by atoms with E-state index in [4.69, 9.17) is 4.74 Å². The van der Waals surface area contributed by atoms with Gasteiger partial charge >= 0.3 is 0 Å². The molecular formula is C20H31N3O2. The second-order valence-electron chi connectivity index (χ2n) is 7.63. The molecule has 0 radical (unpaired) electrons. The van der Waals surface area contributed by atoms with E-state index in [1.165, 1.54) is 5.69 Å². The molecule has 138 valence electrons. The van der Waals surface area contributed by atoms with Gasteiger partial charge in [-0.1, -0.05) is 0 Å². The highest BCUT2D eigenvalue weighted by atomic mass is 16.5. The zero-order valence-corrected chi connectivity index (χ0v) is 15.9. The van der Waals surface area contributed by atoms with Crippen LogP contribution >= 0.6 is 0 Å². The van der Waals surface area contributed by atoms with E-state index >= 15 is 0 Å². The van der Waals surface area contributed by atoms with Gasteiger partial charge in [-0.15, -0.1) is 0 Å². The van der Waals surface area contributed by atoms with Crippen molar-refractivity contribution in [1.82, 2.24) is 9.80 Å². The summed E-state index contributed by atoms with van der Waals surface area (Å²) in [6.07, 6.45) is 0.202. The molecule has 0 unspecified atom stereocenters. The van der Waals surface area contributed by atoms with Gasteiger partial charge < -0.3 is 14.5 Å². The van der Waals surface area contributed by atoms with Gasteiger partial charge in [-0.05, 0) is 52.0 Å². The van der Waals surface area contributed by atoms with E-state index in [1.54, 1.807) is 0 Å². The summed E-state index contributed by atoms with van der Waals surface area (Å²) in [7, 11) is 0. The maximum absolute atomic E-state index is 12.7. The number of morpholine rings is 1. The number of nitrogens with zero attached hydrogens (tertiary/aromatic N) is 3. The number of rotatable bonds is 3. The summed E-state index contributed by atoms with van der Waals surface area (Å²) in [6.45, 7) is 14.2. The lowest BCUT2D eigenvalue weighted by atomic mass is 10.1. The molecule has 2 fully saturated rings. The summed E-state index contributed by atoms with van der Waals surface area (Å²) in [4.78, 5) is 19.6. The lowest BCUT2D eigenvalue weighted by Crippen LogP contribution is -2.49. The van der Waals surface area contributed by atoms with Gasteiger partial charge in [0.1, 0.15) is 0 Å². The van der Waals surface area contributed by atoms with Gasteiger partial charge in [-0.2, -0.15) is 0 Å². The van der Waals surface area contributed by atoms with Crippen LogP contribution < -0.4 is 4.90 Å². The standard InChI is InChI=1S/C20H31N3O2/c1-15(2)21-9-11-22(12-10-21)19-7-5-18(6-8-19)20(24)23-13-16(3)25-17(4)14-23/h5-8,15-17H,9-14H2,1-4H3/t16-,17+. The van der Waals surface area contributed by atoms with E-state index in [0.29, 0.717) is 19.1 Å². The van der Waals surface area contributed by atoms with Crippen LogP contribution in [0.3, 0.4) is 0 Å². The highest BCUT2D eigenvalue weighted by Gasteiger charge is 2.26. The van der Waals surface area contributed by atoms with Gasteiger partial charge in [0, 0.05) is 56.6 Å². The number of amides is 1. The van der Waals surface area contributed by atoms with Crippen LogP contribution in [0.1, 0.15) is 38.1 Å². The average Bonchev–Trinajstić information content (AvgIpc) is 2.60. The monoisotopic (exact) mass is 345 g/mol. The number of carbonyl (C=O) groups excluding carboxylic acids is 1. The van der Waals surface area contributed by atoms with E-state index in [0.717, 1.165) is 31.7 Å². The van der Waals surface area contributed by atoms with Gasteiger partial charge in [-0.25, -0.2) is 0 Å². The van der Waals surface area contributed by atoms with Crippen molar-refractivity contribution >= 4 is 11.6 Å². The first-order valence-electron chi connectivity index (χ1n) is 9.48. The lowest BCUT2D eigenvalue weighted by molar-refractivity contribution is -0.0586. The predicted octanol–water partition coefficient (Wildman–Crippen LogP) is 2.47. The molecule has 0 aliphatic carbocycles. The first-order valence-corrected chi connectivity index (χ1v) is 9.48. The van der Waals surface area contributed by atoms with Crippen molar-refractivity contribution in [3.63, 3.8) is 0 Å². The Balaban J connectivity index is 1.61. The summed E-state index contributed by atoms with van der Waals surface area (Å²) in [5, 5.41) is 0. The van der Waals surface area contributed by atoms with E-state index in [-0.39, 0.29) is 18.1 Å². The molecule has 0 N–H and O–H groups in total. The number of carbonyl (C=O) groups is 1. The number of benzene rings is 1. The van der Waals surface area contributed by atoms with Crippen molar-refractivity contribution < 1.29 is 9.53 Å². The maximum atomic E-state index is 12.7. The number of hydrogen-bond acceptors (Lipinski definition) is 4. The third kappa shape index (κ3) is 4.33. The number of hydrogen-bond donors (Lipinski definition) is 0. The number of anilines is 1. The van der Waals surface area contributed by atoms with Crippen molar-refractivity contribution in [3.05, 3.63) is 29.8 Å². The highest BCUT2D eigenvalue weighted by molar-refractivity contribution is 5.94. The molecule has 0 spiro atoms. The molecule has 5 nitrogen and oxygen atoms in total. The first kappa shape index (κ1) is 18.2. The molecule has 2 saturated heterocycles. The van der Waals surface area contributed by atoms with Crippen LogP contribution in [0.4, 0.5) is 5.69 Å². The average molecular weight is 345 g/mol. The van der Waals surface area contributed by atoms with Crippen LogP contribution in [0.15, 0.2) is 24.3 Å². The summed E-state index contributed by atoms with van der Waals surface area (Å²) >= 11 is 0. The van der Waals surface area contributed by atoms with Crippen molar-refractivity contribution in [2.45, 2.75) is 45.9 Å². The van der Waals surface area contributed by atoms with Crippen molar-refractivity contribution in [1.29, 1.82) is 0 Å². The number of piperazine rings is 1. The van der Waals surface area contributed by atoms with Gasteiger partial charge in [0.25, 0.3) is 5.91 Å². The zero-order chi connectivity index (χ0) is 18.0. The van der Waals surface area contributed by atoms with Gasteiger partial charge in [0.15, 0.2) is 0 Å². The van der Waals surface area contributed by atoms with Crippen LogP contribution in [-0.2, 0) is 4.74 Å². The van der Waals surface area contributed by atoms with Crippen LogP contribution in [-0.4, -0.2) is 73.2 Å². The molecule has 3 rings (SSSR count). The zero-order valence-electron chi connectivity index (χ0n) is 15.9. The van der Waals surface area contributed by atoms with E-state index in [9.17, 15) is 4.79 Å². The van der Waals surface area contributed by atoms with Crippen LogP contribution in [0.25, 0.3) is 0 Å². The van der Waals surface area contributed by atoms with E-state index < -0.39 is 0 Å². The fourth-order valence-corrected chi connectivity index (χ4v) is 3.84. The van der Waals surface area contributed by atoms with Crippen molar-refractivity contribution in [2.24, 2.45) is 0 Å². The second-order valence-corrected chi connectivity index (χ2v) is 7.63. The summed E-state index contributed by atoms with van der Waals surface area (Å²) < 4.78 is 5.72. The highest BCUT2D eigenvalue weighted by Crippen LogP contribution is 2.20. The summed E-state index contributed by atoms with van der Waals surface area (Å²) in [5.41, 5.74) is 1.98. The maximum Gasteiger partial charge on any atom is 0.254 e. The minimum Gasteiger partial charge on any atom is -0.372 e. The molecule has 2 aliphatic heterocycles. The molecule has 0 saturated carbocycles. The second kappa shape index (κ2) is 7.75. The van der Waals surface area contributed by atoms with E-state index in [1.807, 2.05) is 30.9 Å². The van der Waals surface area contributed by atoms with Crippen molar-refractivity contribution in [3.8, 4) is 0 Å². The Morgan fingerprint density at radius 3 is 2.08 bits per heavy atom. The number of ether oxygens (including phenoxy) is 1. The SMILES string of the molecule is CC(C)N1CCN(c2ccc(C(=O)N3C[C@@H](C)O[C@@H](C)C3)cc2)CC1. The minimum atomic E-state index is 0.101. The molecule has 25 heavy (non-hydrogen) atoms. The Morgan fingerprint density at radius 2 is 1.56 bits per heavy atom. The topological polar surface area (TPSA) is 36.0 Å². The molecule has 2 aliphatic rings. The van der Waals surface area contributed by atoms with Gasteiger partial charge in [-0.3, -0.25) is 9.69 Å². The lowest BCUT2D eigenvalue weighted by Gasteiger charge is -2.38. The Kier molecular flexibility index (Phi) is 5.64. The largest absolute Gasteiger partial charge is 0.372 e. The van der Waals surface area contributed by atoms with E-state index in [2.05, 4.69) is 35.8 Å². The third-order valence-electron chi connectivity index (χ3n) is 5.23. The predicted molar refractivity (Wildman–Crippen MR) is 101 cm³/mol. The first-order chi connectivity index (χ1) is 11.9. The quantitative estimate of drug-likeness (QED) is 0.843. The van der Waals surface area contributed by atoms with Crippen LogP contribution in [0.5, 0.6) is 0 Å². The normalized spacial score (nSPS) is 25.5. The molecule has 1 aromatic rings. The minimum absolute atomic E-state index is 0.101. The van der Waals surface area contributed by atoms with Crippen LogP contribution in [0.2, 0.25) is 0 Å². The molecule has 0 aromatic heterocycles. The molecule has 1 aromatic carbocycles. The van der Waals surface area contributed by atoms with Gasteiger partial charge in [0.2, 0.25) is 0 Å². The molecule has 2 atom stereocenters. The summed E-state index contributed by atoms with van der Waals surface area (Å²) in [6, 6.07) is 8.73. The Morgan fingerprint density at radius 1 is 1.00 bits per heavy atom.